The summed E-state index contributed by atoms with van der Waals surface area (Å²) in [5, 5.41) is 0. The van der Waals surface area contributed by atoms with Gasteiger partial charge < -0.3 is 9.72 Å². The molecule has 2 aromatic carbocycles. The Bertz CT molecular complexity index is 912. The van der Waals surface area contributed by atoms with Crippen LogP contribution in [0.2, 0.25) is 6.32 Å². The summed E-state index contributed by atoms with van der Waals surface area (Å²) < 4.78 is 6.14. The quantitative estimate of drug-likeness (QED) is 0.361. The molecule has 0 aliphatic rings. The Morgan fingerprint density at radius 2 is 1.70 bits per heavy atom. The van der Waals surface area contributed by atoms with Crippen LogP contribution >= 0.6 is 0 Å². The van der Waals surface area contributed by atoms with E-state index in [2.05, 4.69) is 106 Å². The molecular formula is C26H34BN2O. The molecule has 0 saturated heterocycles. The van der Waals surface area contributed by atoms with Gasteiger partial charge in [0.05, 0.1) is 11.8 Å². The monoisotopic (exact) mass is 401 g/mol. The van der Waals surface area contributed by atoms with E-state index in [0.29, 0.717) is 5.92 Å². The van der Waals surface area contributed by atoms with Crippen LogP contribution in [0, 0.1) is 0 Å². The second-order valence-electron chi connectivity index (χ2n) is 9.23. The highest BCUT2D eigenvalue weighted by atomic mass is 16.5. The number of hydrogen-bond acceptors (Lipinski definition) is 2. The minimum absolute atomic E-state index is 0.0949. The zero-order chi connectivity index (χ0) is 21.6. The lowest BCUT2D eigenvalue weighted by atomic mass is 9.71. The Morgan fingerprint density at radius 3 is 2.37 bits per heavy atom. The lowest BCUT2D eigenvalue weighted by Crippen LogP contribution is -2.20. The fourth-order valence-corrected chi connectivity index (χ4v) is 3.70. The molecule has 1 radical (unpaired) electrons. The molecular weight excluding hydrogens is 367 g/mol. The van der Waals surface area contributed by atoms with Crippen LogP contribution in [-0.4, -0.2) is 23.4 Å². The predicted octanol–water partition coefficient (Wildman–Crippen LogP) is 5.85. The van der Waals surface area contributed by atoms with Crippen molar-refractivity contribution in [1.82, 2.24) is 9.97 Å². The molecule has 3 nitrogen and oxygen atoms in total. The van der Waals surface area contributed by atoms with Crippen LogP contribution in [0.1, 0.15) is 70.2 Å². The Labute approximate surface area is 182 Å². The van der Waals surface area contributed by atoms with Gasteiger partial charge in [0.25, 0.3) is 0 Å². The molecule has 1 unspecified atom stereocenters. The summed E-state index contributed by atoms with van der Waals surface area (Å²) in [5.41, 5.74) is 4.85. The first kappa shape index (κ1) is 22.2. The smallest absolute Gasteiger partial charge is 0.201 e. The number of benzene rings is 2. The number of para-hydroxylation sites is 1. The number of imidazole rings is 1. The van der Waals surface area contributed by atoms with E-state index in [0.717, 1.165) is 30.6 Å². The number of H-pyrrole nitrogens is 1. The van der Waals surface area contributed by atoms with Crippen LogP contribution in [0.5, 0.6) is 5.75 Å². The fraction of sp³-hybridized carbons (Fsp3) is 0.423. The first-order chi connectivity index (χ1) is 14.3. The van der Waals surface area contributed by atoms with Crippen molar-refractivity contribution in [3.63, 3.8) is 0 Å². The number of aromatic nitrogens is 2. The van der Waals surface area contributed by atoms with Crippen molar-refractivity contribution in [2.75, 3.05) is 0 Å². The maximum absolute atomic E-state index is 6.14. The Hall–Kier alpha value is -2.49. The van der Waals surface area contributed by atoms with Crippen LogP contribution in [-0.2, 0) is 5.41 Å². The summed E-state index contributed by atoms with van der Waals surface area (Å²) in [6.45, 7) is 10.8. The predicted molar refractivity (Wildman–Crippen MR) is 127 cm³/mol. The molecule has 0 spiro atoms. The lowest BCUT2D eigenvalue weighted by molar-refractivity contribution is 0.239. The topological polar surface area (TPSA) is 37.9 Å². The average molecular weight is 401 g/mol. The molecule has 0 bridgehead atoms. The fourth-order valence-electron chi connectivity index (χ4n) is 3.70. The second kappa shape index (κ2) is 10.0. The molecule has 0 aliphatic heterocycles. The van der Waals surface area contributed by atoms with Crippen molar-refractivity contribution >= 4 is 13.0 Å². The third-order valence-electron chi connectivity index (χ3n) is 5.30. The largest absolute Gasteiger partial charge is 0.491 e. The zero-order valence-electron chi connectivity index (χ0n) is 19.0. The maximum atomic E-state index is 6.14. The Balaban J connectivity index is 1.70. The third kappa shape index (κ3) is 6.01. The van der Waals surface area contributed by atoms with Gasteiger partial charge in [-0.05, 0) is 31.9 Å². The minimum Gasteiger partial charge on any atom is -0.491 e. The van der Waals surface area contributed by atoms with Gasteiger partial charge in [0, 0.05) is 28.8 Å². The number of nitrogens with zero attached hydrogens (tertiary/aromatic N) is 1. The van der Waals surface area contributed by atoms with Crippen LogP contribution < -0.4 is 10.5 Å². The van der Waals surface area contributed by atoms with Gasteiger partial charge in [-0.25, -0.2) is 0 Å². The molecule has 0 saturated carbocycles. The van der Waals surface area contributed by atoms with E-state index < -0.39 is 0 Å². The van der Waals surface area contributed by atoms with Crippen LogP contribution in [0.3, 0.4) is 0 Å². The Morgan fingerprint density at radius 1 is 1.00 bits per heavy atom. The highest BCUT2D eigenvalue weighted by molar-refractivity contribution is 6.51. The van der Waals surface area contributed by atoms with Crippen LogP contribution in [0.25, 0.3) is 0 Å². The van der Waals surface area contributed by atoms with Crippen LogP contribution in [0.4, 0.5) is 0 Å². The maximum Gasteiger partial charge on any atom is 0.201 e. The summed E-state index contributed by atoms with van der Waals surface area (Å²) >= 11 is 0. The number of nitrogens with one attached hydrogen (secondary N) is 1. The van der Waals surface area contributed by atoms with Gasteiger partial charge in [0.1, 0.15) is 5.75 Å². The van der Waals surface area contributed by atoms with Gasteiger partial charge in [0.15, 0.2) is 0 Å². The minimum atomic E-state index is 0.0949. The summed E-state index contributed by atoms with van der Waals surface area (Å²) in [6, 6.07) is 19.2. The molecule has 0 fully saturated rings. The molecule has 157 valence electrons. The number of aromatic amines is 1. The van der Waals surface area contributed by atoms with Gasteiger partial charge in [-0.1, -0.05) is 82.0 Å². The molecule has 0 amide bonds. The molecule has 1 heterocycles. The molecule has 1 aromatic heterocycles. The zero-order valence-corrected chi connectivity index (χ0v) is 19.0. The molecule has 30 heavy (non-hydrogen) atoms. The van der Waals surface area contributed by atoms with Crippen molar-refractivity contribution in [2.24, 2.45) is 0 Å². The van der Waals surface area contributed by atoms with Gasteiger partial charge in [-0.15, -0.1) is 0 Å². The van der Waals surface area contributed by atoms with E-state index in [1.807, 2.05) is 6.20 Å². The summed E-state index contributed by atoms with van der Waals surface area (Å²) in [4.78, 5) is 7.98. The van der Waals surface area contributed by atoms with Crippen molar-refractivity contribution in [1.29, 1.82) is 0 Å². The second-order valence-corrected chi connectivity index (χ2v) is 9.23. The molecule has 4 heteroatoms. The standard InChI is InChI=1S/C26H34BN2O/c1-19(2)30-23-16-10-9-14-22(23)21(20-12-7-6-8-13-20)15-11-17-27-25-28-18-24(29-25)26(3,4)5/h6-10,12-14,16,18-19,21H,11,15,17H2,1-5H3,(H,28,29). The van der Waals surface area contributed by atoms with E-state index in [4.69, 9.17) is 4.74 Å². The highest BCUT2D eigenvalue weighted by Crippen LogP contribution is 2.36. The van der Waals surface area contributed by atoms with E-state index in [1.165, 1.54) is 16.8 Å². The molecule has 1 atom stereocenters. The van der Waals surface area contributed by atoms with Crippen molar-refractivity contribution < 1.29 is 4.74 Å². The van der Waals surface area contributed by atoms with Gasteiger partial charge >= 0.3 is 0 Å². The average Bonchev–Trinajstić information content (AvgIpc) is 3.19. The molecule has 3 aromatic rings. The van der Waals surface area contributed by atoms with E-state index in [-0.39, 0.29) is 11.5 Å². The van der Waals surface area contributed by atoms with Gasteiger partial charge in [0.2, 0.25) is 7.28 Å². The van der Waals surface area contributed by atoms with Crippen molar-refractivity contribution in [3.8, 4) is 5.75 Å². The van der Waals surface area contributed by atoms with E-state index >= 15 is 0 Å². The molecule has 0 aliphatic carbocycles. The number of ether oxygens (including phenoxy) is 1. The summed E-state index contributed by atoms with van der Waals surface area (Å²) in [5.74, 6) is 1.31. The SMILES string of the molecule is CC(C)Oc1ccccc1C(CCC[B]c1ncc(C(C)(C)C)[nH]1)c1ccccc1. The first-order valence-corrected chi connectivity index (χ1v) is 11.0. The van der Waals surface area contributed by atoms with Gasteiger partial charge in [-0.2, -0.15) is 0 Å². The van der Waals surface area contributed by atoms with Gasteiger partial charge in [-0.3, -0.25) is 4.98 Å². The Kier molecular flexibility index (Phi) is 7.41. The van der Waals surface area contributed by atoms with Crippen LogP contribution in [0.15, 0.2) is 60.8 Å². The number of hydrogen-bond donors (Lipinski definition) is 1. The first-order valence-electron chi connectivity index (χ1n) is 11.0. The summed E-state index contributed by atoms with van der Waals surface area (Å²) in [7, 11) is 2.22. The molecule has 3 rings (SSSR count). The normalized spacial score (nSPS) is 12.7. The van der Waals surface area contributed by atoms with E-state index in [9.17, 15) is 0 Å². The van der Waals surface area contributed by atoms with E-state index in [1.54, 1.807) is 0 Å². The molecule has 1 N–H and O–H groups in total. The summed E-state index contributed by atoms with van der Waals surface area (Å²) in [6.07, 6.45) is 5.26. The lowest BCUT2D eigenvalue weighted by Gasteiger charge is -2.22. The van der Waals surface area contributed by atoms with Crippen molar-refractivity contribution in [2.45, 2.75) is 71.2 Å². The van der Waals surface area contributed by atoms with Crippen molar-refractivity contribution in [3.05, 3.63) is 77.6 Å². The third-order valence-corrected chi connectivity index (χ3v) is 5.30. The number of rotatable bonds is 9. The highest BCUT2D eigenvalue weighted by Gasteiger charge is 2.19.